The number of nitrogens with zero attached hydrogens (tertiary/aromatic N) is 3. The molecule has 0 spiro atoms. The van der Waals surface area contributed by atoms with E-state index in [0.29, 0.717) is 5.95 Å². The molecule has 240 valence electrons. The van der Waals surface area contributed by atoms with Crippen molar-refractivity contribution in [3.8, 4) is 17.2 Å². The maximum atomic E-state index is 5.55. The first-order valence-corrected chi connectivity index (χ1v) is 18.5. The van der Waals surface area contributed by atoms with E-state index in [1.54, 1.807) is 0 Å². The number of fused-ring (bicyclic) bond motifs is 17. The zero-order valence-corrected chi connectivity index (χ0v) is 28.7. The average molecular weight is 678 g/mol. The van der Waals surface area contributed by atoms with Crippen molar-refractivity contribution >= 4 is 107 Å². The molecule has 12 aromatic rings. The van der Waals surface area contributed by atoms with E-state index in [0.717, 1.165) is 33.2 Å². The normalized spacial score (nSPS) is 12.2. The predicted octanol–water partition coefficient (Wildman–Crippen LogP) is 13.4. The minimum absolute atomic E-state index is 0.671. The Morgan fingerprint density at radius 2 is 1.00 bits per heavy atom. The third kappa shape index (κ3) is 3.69. The van der Waals surface area contributed by atoms with Gasteiger partial charge in [0.2, 0.25) is 5.95 Å². The van der Waals surface area contributed by atoms with E-state index in [9.17, 15) is 0 Å². The molecule has 0 aliphatic rings. The van der Waals surface area contributed by atoms with Gasteiger partial charge in [-0.3, -0.25) is 4.57 Å². The molecule has 0 saturated heterocycles. The molecule has 0 unspecified atom stereocenters. The molecule has 52 heavy (non-hydrogen) atoms. The fourth-order valence-electron chi connectivity index (χ4n) is 8.84. The molecule has 3 heterocycles. The Labute approximate surface area is 301 Å². The minimum Gasteiger partial charge on any atom is -0.277 e. The third-order valence-electron chi connectivity index (χ3n) is 11.0. The van der Waals surface area contributed by atoms with Crippen LogP contribution in [0, 0.1) is 0 Å². The van der Waals surface area contributed by atoms with Crippen LogP contribution in [0.15, 0.2) is 164 Å². The number of aromatic nitrogens is 3. The summed E-state index contributed by atoms with van der Waals surface area (Å²) in [6.07, 6.45) is 0. The number of benzene rings is 9. The maximum Gasteiger partial charge on any atom is 0.235 e. The minimum atomic E-state index is 0.671. The standard InChI is InChI=1S/C48H27N3S/c1-2-16-29-28(14-1)15-13-24-33(29)45-35-21-7-10-25-38(35)49-48(50-45)51-39-26-11-8-22-36(39)43-42-31-18-4-3-17-30(31)41-37-23-9-12-27-40(37)52-47(41)44(42)32-19-5-6-20-34(32)46(43)51/h1-27H. The Kier molecular flexibility index (Phi) is 5.65. The summed E-state index contributed by atoms with van der Waals surface area (Å²) in [5.74, 6) is 0.671. The van der Waals surface area contributed by atoms with E-state index < -0.39 is 0 Å². The van der Waals surface area contributed by atoms with Gasteiger partial charge in [0.15, 0.2) is 0 Å². The van der Waals surface area contributed by atoms with Crippen LogP contribution >= 0.6 is 11.3 Å². The van der Waals surface area contributed by atoms with Crippen LogP contribution < -0.4 is 0 Å². The summed E-state index contributed by atoms with van der Waals surface area (Å²) in [6, 6.07) is 59.1. The molecule has 3 nitrogen and oxygen atoms in total. The molecule has 0 aliphatic carbocycles. The van der Waals surface area contributed by atoms with E-state index >= 15 is 0 Å². The molecule has 4 heteroatoms. The lowest BCUT2D eigenvalue weighted by atomic mass is 9.90. The second kappa shape index (κ2) is 10.5. The molecule has 0 atom stereocenters. The van der Waals surface area contributed by atoms with Crippen LogP contribution in [0.3, 0.4) is 0 Å². The van der Waals surface area contributed by atoms with Gasteiger partial charge in [0.25, 0.3) is 0 Å². The summed E-state index contributed by atoms with van der Waals surface area (Å²) in [5.41, 5.74) is 5.19. The Bertz CT molecular complexity index is 3470. The second-order valence-electron chi connectivity index (χ2n) is 13.6. The van der Waals surface area contributed by atoms with Gasteiger partial charge in [-0.1, -0.05) is 146 Å². The van der Waals surface area contributed by atoms with Crippen LogP contribution in [0.1, 0.15) is 0 Å². The van der Waals surface area contributed by atoms with Gasteiger partial charge in [-0.15, -0.1) is 11.3 Å². The summed E-state index contributed by atoms with van der Waals surface area (Å²) in [7, 11) is 0. The van der Waals surface area contributed by atoms with Crippen molar-refractivity contribution in [1.82, 2.24) is 14.5 Å². The number of hydrogen-bond acceptors (Lipinski definition) is 3. The molecule has 12 rings (SSSR count). The van der Waals surface area contributed by atoms with Gasteiger partial charge in [0.1, 0.15) is 0 Å². The number of para-hydroxylation sites is 2. The Hall–Kier alpha value is -6.62. The van der Waals surface area contributed by atoms with Gasteiger partial charge < -0.3 is 0 Å². The highest BCUT2D eigenvalue weighted by molar-refractivity contribution is 7.27. The van der Waals surface area contributed by atoms with Crippen LogP contribution in [0.25, 0.3) is 113 Å². The van der Waals surface area contributed by atoms with Crippen molar-refractivity contribution in [2.24, 2.45) is 0 Å². The van der Waals surface area contributed by atoms with Crippen LogP contribution in [0.4, 0.5) is 0 Å². The highest BCUT2D eigenvalue weighted by Gasteiger charge is 2.25. The molecule has 0 saturated carbocycles. The lowest BCUT2D eigenvalue weighted by molar-refractivity contribution is 1.02. The van der Waals surface area contributed by atoms with Crippen molar-refractivity contribution in [2.45, 2.75) is 0 Å². The third-order valence-corrected chi connectivity index (χ3v) is 12.1. The van der Waals surface area contributed by atoms with Crippen molar-refractivity contribution in [2.75, 3.05) is 0 Å². The molecular weight excluding hydrogens is 651 g/mol. The van der Waals surface area contributed by atoms with Gasteiger partial charge >= 0.3 is 0 Å². The van der Waals surface area contributed by atoms with Gasteiger partial charge in [-0.05, 0) is 45.1 Å². The lowest BCUT2D eigenvalue weighted by Crippen LogP contribution is -2.04. The van der Waals surface area contributed by atoms with Crippen molar-refractivity contribution in [3.63, 3.8) is 0 Å². The van der Waals surface area contributed by atoms with E-state index in [1.165, 1.54) is 74.0 Å². The van der Waals surface area contributed by atoms with Crippen molar-refractivity contribution in [3.05, 3.63) is 164 Å². The summed E-state index contributed by atoms with van der Waals surface area (Å²) in [5, 5.41) is 16.1. The second-order valence-corrected chi connectivity index (χ2v) is 14.7. The first-order valence-electron chi connectivity index (χ1n) is 17.7. The summed E-state index contributed by atoms with van der Waals surface area (Å²) < 4.78 is 4.98. The van der Waals surface area contributed by atoms with Crippen LogP contribution in [-0.2, 0) is 0 Å². The van der Waals surface area contributed by atoms with Gasteiger partial charge in [-0.25, -0.2) is 9.97 Å². The predicted molar refractivity (Wildman–Crippen MR) is 222 cm³/mol. The van der Waals surface area contributed by atoms with Crippen molar-refractivity contribution < 1.29 is 0 Å². The molecule has 9 aromatic carbocycles. The summed E-state index contributed by atoms with van der Waals surface area (Å²) >= 11 is 1.91. The van der Waals surface area contributed by atoms with Crippen molar-refractivity contribution in [1.29, 1.82) is 0 Å². The average Bonchev–Trinajstić information content (AvgIpc) is 3.77. The lowest BCUT2D eigenvalue weighted by Gasteiger charge is -2.16. The van der Waals surface area contributed by atoms with Crippen LogP contribution in [-0.4, -0.2) is 14.5 Å². The van der Waals surface area contributed by atoms with Crippen LogP contribution in [0.5, 0.6) is 0 Å². The molecule has 0 aliphatic heterocycles. The summed E-state index contributed by atoms with van der Waals surface area (Å²) in [4.78, 5) is 10.9. The van der Waals surface area contributed by atoms with E-state index in [1.807, 2.05) is 11.3 Å². The Balaban J connectivity index is 1.33. The molecule has 3 aromatic heterocycles. The first-order chi connectivity index (χ1) is 25.8. The molecule has 0 bridgehead atoms. The monoisotopic (exact) mass is 677 g/mol. The topological polar surface area (TPSA) is 30.7 Å². The van der Waals surface area contributed by atoms with E-state index in [4.69, 9.17) is 9.97 Å². The van der Waals surface area contributed by atoms with E-state index in [2.05, 4.69) is 168 Å². The highest BCUT2D eigenvalue weighted by atomic mass is 32.1. The first kappa shape index (κ1) is 28.1. The fraction of sp³-hybridized carbons (Fsp3) is 0. The molecular formula is C48H27N3S. The Morgan fingerprint density at radius 3 is 1.83 bits per heavy atom. The summed E-state index contributed by atoms with van der Waals surface area (Å²) in [6.45, 7) is 0. The largest absolute Gasteiger partial charge is 0.277 e. The van der Waals surface area contributed by atoms with Gasteiger partial charge in [-0.2, -0.15) is 0 Å². The SMILES string of the molecule is c1ccc2c(-c3nc(-n4c5ccccc5c5c6c7ccccc7c7c8ccccc8sc7c6c6ccccc6c54)nc4ccccc34)cccc2c1. The molecule has 0 N–H and O–H groups in total. The molecule has 0 radical (unpaired) electrons. The maximum absolute atomic E-state index is 5.55. The quantitative estimate of drug-likeness (QED) is 0.171. The molecule has 0 fully saturated rings. The number of hydrogen-bond donors (Lipinski definition) is 0. The van der Waals surface area contributed by atoms with Gasteiger partial charge in [0.05, 0.1) is 22.2 Å². The number of rotatable bonds is 2. The highest BCUT2D eigenvalue weighted by Crippen LogP contribution is 2.51. The van der Waals surface area contributed by atoms with E-state index in [-0.39, 0.29) is 0 Å². The Morgan fingerprint density at radius 1 is 0.404 bits per heavy atom. The zero-order valence-electron chi connectivity index (χ0n) is 27.8. The smallest absolute Gasteiger partial charge is 0.235 e. The fourth-order valence-corrected chi connectivity index (χ4v) is 10.1. The molecule has 0 amide bonds. The zero-order chi connectivity index (χ0) is 33.9. The number of thiophene rings is 1. The van der Waals surface area contributed by atoms with Crippen LogP contribution in [0.2, 0.25) is 0 Å². The van der Waals surface area contributed by atoms with Gasteiger partial charge in [0, 0.05) is 58.1 Å².